The van der Waals surface area contributed by atoms with Crippen LogP contribution in [0.1, 0.15) is 34.7 Å². The third-order valence-electron chi connectivity index (χ3n) is 5.03. The topological polar surface area (TPSA) is 43.9 Å². The molecule has 2 heterocycles. The molecule has 1 aliphatic heterocycles. The van der Waals surface area contributed by atoms with Crippen LogP contribution in [-0.2, 0) is 19.5 Å². The van der Waals surface area contributed by atoms with Gasteiger partial charge in [0.25, 0.3) is 0 Å². The molecule has 134 valence electrons. The van der Waals surface area contributed by atoms with Crippen molar-refractivity contribution in [1.29, 1.82) is 0 Å². The van der Waals surface area contributed by atoms with Crippen molar-refractivity contribution < 1.29 is 14.1 Å². The summed E-state index contributed by atoms with van der Waals surface area (Å²) in [5.41, 5.74) is 6.29. The smallest absolute Gasteiger partial charge is 0.336 e. The van der Waals surface area contributed by atoms with E-state index in [9.17, 15) is 4.79 Å². The number of hydrogen-bond acceptors (Lipinski definition) is 3. The van der Waals surface area contributed by atoms with Gasteiger partial charge in [-0.05, 0) is 38.0 Å². The van der Waals surface area contributed by atoms with Gasteiger partial charge in [-0.25, -0.2) is 4.79 Å². The molecule has 0 bridgehead atoms. The fraction of sp³-hybridized carbons (Fsp3) is 0.318. The lowest BCUT2D eigenvalue weighted by atomic mass is 10.0. The van der Waals surface area contributed by atoms with Crippen molar-refractivity contribution in [2.45, 2.75) is 40.3 Å². The summed E-state index contributed by atoms with van der Waals surface area (Å²) >= 11 is 0. The van der Waals surface area contributed by atoms with E-state index >= 15 is 0 Å². The molecular weight excluding hydrogens is 326 g/mol. The van der Waals surface area contributed by atoms with Crippen LogP contribution in [0.25, 0.3) is 11.0 Å². The standard InChI is InChI=1S/C22H23NO3/c1-4-17-10-21(24)26-22-18(17)5-6-20-19(22)12-23(13-25-20)11-16-8-14(2)7-15(3)9-16/h5-10H,4,11-13H2,1-3H3/p+1. The first-order valence-electron chi connectivity index (χ1n) is 9.15. The molecule has 0 saturated heterocycles. The van der Waals surface area contributed by atoms with Crippen LogP contribution >= 0.6 is 0 Å². The SMILES string of the molecule is CCc1cc(=O)oc2c3c(ccc12)OC[NH+](Cc1cc(C)cc(C)c1)C3. The first kappa shape index (κ1) is 16.9. The van der Waals surface area contributed by atoms with Crippen LogP contribution in [0, 0.1) is 13.8 Å². The summed E-state index contributed by atoms with van der Waals surface area (Å²) in [6.45, 7) is 8.60. The van der Waals surface area contributed by atoms with Gasteiger partial charge in [-0.2, -0.15) is 0 Å². The third kappa shape index (κ3) is 3.13. The molecule has 1 unspecified atom stereocenters. The van der Waals surface area contributed by atoms with E-state index in [1.54, 1.807) is 6.07 Å². The van der Waals surface area contributed by atoms with E-state index < -0.39 is 0 Å². The lowest BCUT2D eigenvalue weighted by Crippen LogP contribution is -3.10. The molecule has 1 N–H and O–H groups in total. The number of rotatable bonds is 3. The van der Waals surface area contributed by atoms with E-state index in [0.717, 1.165) is 41.8 Å². The van der Waals surface area contributed by atoms with Crippen LogP contribution in [0.3, 0.4) is 0 Å². The van der Waals surface area contributed by atoms with Crippen molar-refractivity contribution in [1.82, 2.24) is 0 Å². The van der Waals surface area contributed by atoms with Crippen molar-refractivity contribution in [2.75, 3.05) is 6.73 Å². The summed E-state index contributed by atoms with van der Waals surface area (Å²) in [5, 5.41) is 1.02. The highest BCUT2D eigenvalue weighted by molar-refractivity contribution is 5.85. The van der Waals surface area contributed by atoms with Gasteiger partial charge in [-0.3, -0.25) is 4.90 Å². The zero-order valence-corrected chi connectivity index (χ0v) is 15.5. The van der Waals surface area contributed by atoms with Gasteiger partial charge in [0.1, 0.15) is 18.8 Å². The average molecular weight is 350 g/mol. The van der Waals surface area contributed by atoms with Gasteiger partial charge in [0, 0.05) is 17.0 Å². The van der Waals surface area contributed by atoms with E-state index in [0.29, 0.717) is 12.3 Å². The highest BCUT2D eigenvalue weighted by Gasteiger charge is 2.25. The van der Waals surface area contributed by atoms with Crippen molar-refractivity contribution >= 4 is 11.0 Å². The van der Waals surface area contributed by atoms with Crippen molar-refractivity contribution in [2.24, 2.45) is 0 Å². The normalized spacial score (nSPS) is 16.3. The molecule has 0 fully saturated rings. The third-order valence-corrected chi connectivity index (χ3v) is 5.03. The van der Waals surface area contributed by atoms with E-state index in [4.69, 9.17) is 9.15 Å². The summed E-state index contributed by atoms with van der Waals surface area (Å²) in [6.07, 6.45) is 0.806. The van der Waals surface area contributed by atoms with Gasteiger partial charge in [0.05, 0.1) is 5.56 Å². The Balaban J connectivity index is 1.71. The second kappa shape index (κ2) is 6.61. The molecular formula is C22H24NO3+. The molecule has 26 heavy (non-hydrogen) atoms. The molecule has 0 radical (unpaired) electrons. The van der Waals surface area contributed by atoms with Crippen molar-refractivity contribution in [3.63, 3.8) is 0 Å². The number of nitrogens with one attached hydrogen (secondary N) is 1. The Morgan fingerprint density at radius 3 is 2.58 bits per heavy atom. The first-order chi connectivity index (χ1) is 12.5. The Kier molecular flexibility index (Phi) is 4.29. The average Bonchev–Trinajstić information content (AvgIpc) is 2.60. The summed E-state index contributed by atoms with van der Waals surface area (Å²) in [5.74, 6) is 0.832. The fourth-order valence-corrected chi connectivity index (χ4v) is 3.98. The van der Waals surface area contributed by atoms with Crippen LogP contribution in [0.5, 0.6) is 5.75 Å². The van der Waals surface area contributed by atoms with Crippen molar-refractivity contribution in [3.05, 3.63) is 74.6 Å². The van der Waals surface area contributed by atoms with E-state index in [-0.39, 0.29) is 5.63 Å². The number of hydrogen-bond donors (Lipinski definition) is 1. The molecule has 4 rings (SSSR count). The van der Waals surface area contributed by atoms with Crippen LogP contribution in [0.15, 0.2) is 45.6 Å². The predicted octanol–water partition coefficient (Wildman–Crippen LogP) is 2.91. The lowest BCUT2D eigenvalue weighted by molar-refractivity contribution is -0.945. The summed E-state index contributed by atoms with van der Waals surface area (Å²) in [6, 6.07) is 12.3. The van der Waals surface area contributed by atoms with Gasteiger partial charge in [0.2, 0.25) is 6.73 Å². The molecule has 0 saturated carbocycles. The molecule has 1 aromatic heterocycles. The minimum absolute atomic E-state index is 0.288. The molecule has 1 aliphatic rings. The largest absolute Gasteiger partial charge is 0.445 e. The predicted molar refractivity (Wildman–Crippen MR) is 102 cm³/mol. The van der Waals surface area contributed by atoms with Gasteiger partial charge in [0.15, 0.2) is 5.58 Å². The lowest BCUT2D eigenvalue weighted by Gasteiger charge is -2.27. The summed E-state index contributed by atoms with van der Waals surface area (Å²) in [4.78, 5) is 13.3. The van der Waals surface area contributed by atoms with Crippen LogP contribution < -0.4 is 15.3 Å². The Hall–Kier alpha value is -2.59. The van der Waals surface area contributed by atoms with Crippen LogP contribution in [0.2, 0.25) is 0 Å². The quantitative estimate of drug-likeness (QED) is 0.739. The molecule has 0 aliphatic carbocycles. The number of fused-ring (bicyclic) bond motifs is 3. The van der Waals surface area contributed by atoms with E-state index in [1.807, 2.05) is 12.1 Å². The summed E-state index contributed by atoms with van der Waals surface area (Å²) in [7, 11) is 0. The maximum Gasteiger partial charge on any atom is 0.336 e. The highest BCUT2D eigenvalue weighted by atomic mass is 16.5. The first-order valence-corrected chi connectivity index (χ1v) is 9.15. The second-order valence-electron chi connectivity index (χ2n) is 7.25. The molecule has 4 heteroatoms. The monoisotopic (exact) mass is 350 g/mol. The Bertz CT molecular complexity index is 1020. The molecule has 4 nitrogen and oxygen atoms in total. The van der Waals surface area contributed by atoms with Gasteiger partial charge in [-0.15, -0.1) is 0 Å². The molecule has 2 aromatic carbocycles. The van der Waals surface area contributed by atoms with Crippen LogP contribution in [-0.4, -0.2) is 6.73 Å². The summed E-state index contributed by atoms with van der Waals surface area (Å²) < 4.78 is 11.6. The number of quaternary nitrogens is 1. The molecule has 0 spiro atoms. The van der Waals surface area contributed by atoms with Gasteiger partial charge in [-0.1, -0.05) is 36.2 Å². The van der Waals surface area contributed by atoms with E-state index in [1.165, 1.54) is 21.6 Å². The molecule has 3 aromatic rings. The maximum absolute atomic E-state index is 12.0. The molecule has 1 atom stereocenters. The van der Waals surface area contributed by atoms with Crippen molar-refractivity contribution in [3.8, 4) is 5.75 Å². The van der Waals surface area contributed by atoms with Gasteiger partial charge < -0.3 is 9.15 Å². The minimum Gasteiger partial charge on any atom is -0.445 e. The number of benzene rings is 2. The van der Waals surface area contributed by atoms with Crippen LogP contribution in [0.4, 0.5) is 0 Å². The van der Waals surface area contributed by atoms with Gasteiger partial charge >= 0.3 is 5.63 Å². The zero-order valence-electron chi connectivity index (χ0n) is 15.5. The van der Waals surface area contributed by atoms with E-state index in [2.05, 4.69) is 39.0 Å². The zero-order chi connectivity index (χ0) is 18.3. The second-order valence-corrected chi connectivity index (χ2v) is 7.25. The number of ether oxygens (including phenoxy) is 1. The Labute approximate surface area is 153 Å². The highest BCUT2D eigenvalue weighted by Crippen LogP contribution is 2.30. The number of aryl methyl sites for hydroxylation is 3. The Morgan fingerprint density at radius 1 is 1.08 bits per heavy atom. The molecule has 0 amide bonds. The minimum atomic E-state index is -0.288. The Morgan fingerprint density at radius 2 is 1.85 bits per heavy atom. The fourth-order valence-electron chi connectivity index (χ4n) is 3.98. The maximum atomic E-state index is 12.0.